The molecule has 1 heterocycles. The number of nitrogens with zero attached hydrogens (tertiary/aromatic N) is 2. The Morgan fingerprint density at radius 3 is 2.52 bits per heavy atom. The molecule has 1 saturated heterocycles. The molecule has 1 fully saturated rings. The van der Waals surface area contributed by atoms with E-state index in [-0.39, 0.29) is 48.1 Å². The summed E-state index contributed by atoms with van der Waals surface area (Å²) in [6, 6.07) is 3.52. The third-order valence-electron chi connectivity index (χ3n) is 4.42. The SMILES string of the molecule is CCNC(=NCCOc1ccc(F)c(F)c1)NC1CCN(S(=O)(=O)CC)CC1.I. The summed E-state index contributed by atoms with van der Waals surface area (Å²) in [6.07, 6.45) is 1.41. The fraction of sp³-hybridized carbons (Fsp3) is 0.611. The molecule has 0 radical (unpaired) electrons. The van der Waals surface area contributed by atoms with Gasteiger partial charge in [-0.15, -0.1) is 24.0 Å². The van der Waals surface area contributed by atoms with Crippen LogP contribution in [0.25, 0.3) is 0 Å². The maximum atomic E-state index is 13.2. The maximum absolute atomic E-state index is 13.2. The van der Waals surface area contributed by atoms with Crippen molar-refractivity contribution in [1.29, 1.82) is 0 Å². The molecule has 0 saturated carbocycles. The van der Waals surface area contributed by atoms with E-state index in [4.69, 9.17) is 4.74 Å². The molecular formula is C18H29F2IN4O3S. The van der Waals surface area contributed by atoms with Gasteiger partial charge < -0.3 is 15.4 Å². The number of ether oxygens (including phenoxy) is 1. The summed E-state index contributed by atoms with van der Waals surface area (Å²) in [5.74, 6) is -0.883. The number of guanidine groups is 1. The second kappa shape index (κ2) is 12.5. The number of benzene rings is 1. The highest BCUT2D eigenvalue weighted by molar-refractivity contribution is 14.0. The van der Waals surface area contributed by atoms with E-state index in [1.54, 1.807) is 6.92 Å². The van der Waals surface area contributed by atoms with Crippen LogP contribution < -0.4 is 15.4 Å². The second-order valence-corrected chi connectivity index (χ2v) is 8.66. The van der Waals surface area contributed by atoms with Crippen molar-refractivity contribution in [2.24, 2.45) is 4.99 Å². The standard InChI is InChI=1S/C18H28F2N4O3S.HI/c1-3-21-18(22-9-12-27-15-5-6-16(19)17(20)13-15)23-14-7-10-24(11-8-14)28(25,26)4-2;/h5-6,13-14H,3-4,7-12H2,1-2H3,(H2,21,22,23);1H. The van der Waals surface area contributed by atoms with E-state index in [1.165, 1.54) is 10.4 Å². The van der Waals surface area contributed by atoms with Gasteiger partial charge in [0.25, 0.3) is 0 Å². The summed E-state index contributed by atoms with van der Waals surface area (Å²) >= 11 is 0. The minimum absolute atomic E-state index is 0. The van der Waals surface area contributed by atoms with Crippen LogP contribution in [-0.2, 0) is 10.0 Å². The molecule has 1 aromatic carbocycles. The lowest BCUT2D eigenvalue weighted by Crippen LogP contribution is -2.50. The van der Waals surface area contributed by atoms with E-state index in [9.17, 15) is 17.2 Å². The van der Waals surface area contributed by atoms with Crippen LogP contribution in [0, 0.1) is 11.6 Å². The Kier molecular flexibility index (Phi) is 11.1. The first-order valence-corrected chi connectivity index (χ1v) is 11.1. The largest absolute Gasteiger partial charge is 0.492 e. The summed E-state index contributed by atoms with van der Waals surface area (Å²) in [5.41, 5.74) is 0. The smallest absolute Gasteiger partial charge is 0.213 e. The van der Waals surface area contributed by atoms with Crippen molar-refractivity contribution in [2.75, 3.05) is 38.5 Å². The number of halogens is 3. The molecule has 166 valence electrons. The Morgan fingerprint density at radius 2 is 1.93 bits per heavy atom. The fourth-order valence-electron chi connectivity index (χ4n) is 2.86. The normalized spacial score (nSPS) is 16.2. The van der Waals surface area contributed by atoms with Crippen LogP contribution in [0.1, 0.15) is 26.7 Å². The van der Waals surface area contributed by atoms with Gasteiger partial charge in [0.1, 0.15) is 12.4 Å². The van der Waals surface area contributed by atoms with E-state index in [1.807, 2.05) is 6.92 Å². The summed E-state index contributed by atoms with van der Waals surface area (Å²) in [7, 11) is -3.14. The van der Waals surface area contributed by atoms with Crippen LogP contribution in [0.15, 0.2) is 23.2 Å². The van der Waals surface area contributed by atoms with Gasteiger partial charge in [-0.2, -0.15) is 0 Å². The lowest BCUT2D eigenvalue weighted by Gasteiger charge is -2.32. The van der Waals surface area contributed by atoms with Crippen molar-refractivity contribution in [1.82, 2.24) is 14.9 Å². The van der Waals surface area contributed by atoms with Gasteiger partial charge in [-0.3, -0.25) is 0 Å². The quantitative estimate of drug-likeness (QED) is 0.227. The molecule has 1 aliphatic heterocycles. The molecule has 0 unspecified atom stereocenters. The van der Waals surface area contributed by atoms with Gasteiger partial charge in [0, 0.05) is 31.7 Å². The molecule has 0 aromatic heterocycles. The van der Waals surface area contributed by atoms with Crippen LogP contribution in [-0.4, -0.2) is 63.3 Å². The Balaban J connectivity index is 0.00000420. The van der Waals surface area contributed by atoms with Gasteiger partial charge in [-0.1, -0.05) is 0 Å². The van der Waals surface area contributed by atoms with Gasteiger partial charge in [0.15, 0.2) is 17.6 Å². The minimum atomic E-state index is -3.14. The zero-order chi connectivity index (χ0) is 20.6. The lowest BCUT2D eigenvalue weighted by atomic mass is 10.1. The third-order valence-corrected chi connectivity index (χ3v) is 6.30. The summed E-state index contributed by atoms with van der Waals surface area (Å²) in [6.45, 7) is 5.81. The number of aliphatic imine (C=N–C) groups is 1. The molecule has 11 heteroatoms. The molecule has 0 spiro atoms. The molecule has 1 aromatic rings. The molecule has 2 N–H and O–H groups in total. The molecule has 0 atom stereocenters. The number of sulfonamides is 1. The van der Waals surface area contributed by atoms with Gasteiger partial charge in [0.05, 0.1) is 12.3 Å². The monoisotopic (exact) mass is 546 g/mol. The first kappa shape index (κ1) is 25.8. The topological polar surface area (TPSA) is 83.0 Å². The van der Waals surface area contributed by atoms with E-state index in [0.29, 0.717) is 45.0 Å². The maximum Gasteiger partial charge on any atom is 0.213 e. The van der Waals surface area contributed by atoms with Crippen molar-refractivity contribution in [3.8, 4) is 5.75 Å². The number of nitrogens with one attached hydrogen (secondary N) is 2. The number of rotatable bonds is 8. The first-order chi connectivity index (χ1) is 13.4. The highest BCUT2D eigenvalue weighted by Crippen LogP contribution is 2.16. The van der Waals surface area contributed by atoms with Crippen LogP contribution >= 0.6 is 24.0 Å². The average molecular weight is 546 g/mol. The molecular weight excluding hydrogens is 517 g/mol. The van der Waals surface area contributed by atoms with Gasteiger partial charge >= 0.3 is 0 Å². The van der Waals surface area contributed by atoms with Crippen molar-refractivity contribution in [2.45, 2.75) is 32.7 Å². The van der Waals surface area contributed by atoms with Gasteiger partial charge in [0.2, 0.25) is 10.0 Å². The third kappa shape index (κ3) is 8.21. The Morgan fingerprint density at radius 1 is 1.24 bits per heavy atom. The first-order valence-electron chi connectivity index (χ1n) is 9.46. The van der Waals surface area contributed by atoms with Crippen molar-refractivity contribution >= 4 is 40.0 Å². The van der Waals surface area contributed by atoms with Crippen LogP contribution in [0.2, 0.25) is 0 Å². The summed E-state index contributed by atoms with van der Waals surface area (Å²) < 4.78 is 56.8. The van der Waals surface area contributed by atoms with Gasteiger partial charge in [-0.25, -0.2) is 26.5 Å². The van der Waals surface area contributed by atoms with E-state index < -0.39 is 21.7 Å². The number of hydrogen-bond acceptors (Lipinski definition) is 4. The molecule has 29 heavy (non-hydrogen) atoms. The molecule has 1 aliphatic rings. The summed E-state index contributed by atoms with van der Waals surface area (Å²) in [4.78, 5) is 4.42. The van der Waals surface area contributed by atoms with Gasteiger partial charge in [-0.05, 0) is 38.8 Å². The van der Waals surface area contributed by atoms with E-state index in [0.717, 1.165) is 12.1 Å². The molecule has 7 nitrogen and oxygen atoms in total. The highest BCUT2D eigenvalue weighted by atomic mass is 127. The molecule has 0 aliphatic carbocycles. The number of piperidine rings is 1. The average Bonchev–Trinajstić information content (AvgIpc) is 2.68. The second-order valence-electron chi connectivity index (χ2n) is 6.40. The van der Waals surface area contributed by atoms with Crippen LogP contribution in [0.5, 0.6) is 5.75 Å². The van der Waals surface area contributed by atoms with Crippen LogP contribution in [0.3, 0.4) is 0 Å². The minimum Gasteiger partial charge on any atom is -0.492 e. The highest BCUT2D eigenvalue weighted by Gasteiger charge is 2.26. The zero-order valence-electron chi connectivity index (χ0n) is 16.7. The lowest BCUT2D eigenvalue weighted by molar-refractivity contribution is 0.305. The Labute approximate surface area is 188 Å². The van der Waals surface area contributed by atoms with Crippen molar-refractivity contribution < 1.29 is 21.9 Å². The Bertz CT molecular complexity index is 772. The predicted octanol–water partition coefficient (Wildman–Crippen LogP) is 2.33. The van der Waals surface area contributed by atoms with E-state index >= 15 is 0 Å². The predicted molar refractivity (Wildman–Crippen MR) is 120 cm³/mol. The fourth-order valence-corrected chi connectivity index (χ4v) is 3.99. The Hall–Kier alpha value is -1.21. The van der Waals surface area contributed by atoms with Crippen molar-refractivity contribution in [3.63, 3.8) is 0 Å². The van der Waals surface area contributed by atoms with E-state index in [2.05, 4.69) is 15.6 Å². The zero-order valence-corrected chi connectivity index (χ0v) is 19.8. The molecule has 2 rings (SSSR count). The molecule has 0 amide bonds. The molecule has 0 bridgehead atoms. The van der Waals surface area contributed by atoms with Crippen LogP contribution in [0.4, 0.5) is 8.78 Å². The number of hydrogen-bond donors (Lipinski definition) is 2. The summed E-state index contributed by atoms with van der Waals surface area (Å²) in [5, 5.41) is 6.45. The van der Waals surface area contributed by atoms with Crippen molar-refractivity contribution in [3.05, 3.63) is 29.8 Å².